The van der Waals surface area contributed by atoms with Crippen molar-refractivity contribution in [3.63, 3.8) is 0 Å². The fraction of sp³-hybridized carbons (Fsp3) is 0.636. The third-order valence-corrected chi connectivity index (χ3v) is 3.37. The number of aliphatic hydroxyl groups excluding tert-OH is 3. The van der Waals surface area contributed by atoms with E-state index in [4.69, 9.17) is 4.74 Å². The fourth-order valence-corrected chi connectivity index (χ4v) is 2.06. The minimum Gasteiger partial charge on any atom is -0.393 e. The number of aromatic nitrogens is 2. The van der Waals surface area contributed by atoms with E-state index in [2.05, 4.69) is 4.98 Å². The number of aliphatic hydroxyl groups is 3. The summed E-state index contributed by atoms with van der Waals surface area (Å²) >= 11 is 0. The molecule has 8 heteroatoms. The lowest BCUT2D eigenvalue weighted by Crippen LogP contribution is -2.43. The smallest absolute Gasteiger partial charge is 0.330 e. The minimum absolute atomic E-state index is 0.266. The molecule has 4 N–H and O–H groups in total. The van der Waals surface area contributed by atoms with Gasteiger partial charge in [-0.1, -0.05) is 0 Å². The van der Waals surface area contributed by atoms with Crippen LogP contribution in [0.5, 0.6) is 0 Å². The predicted molar refractivity (Wildman–Crippen MR) is 63.7 cm³/mol. The molecule has 1 saturated heterocycles. The molecule has 1 fully saturated rings. The van der Waals surface area contributed by atoms with Crippen molar-refractivity contribution in [3.05, 3.63) is 32.6 Å². The maximum absolute atomic E-state index is 11.7. The molecule has 1 aromatic rings. The number of hydrogen-bond acceptors (Lipinski definition) is 6. The Morgan fingerprint density at radius 1 is 1.47 bits per heavy atom. The molecule has 106 valence electrons. The quantitative estimate of drug-likeness (QED) is 0.486. The number of aryl methyl sites for hydroxylation is 1. The Labute approximate surface area is 107 Å². The molecular weight excluding hydrogens is 256 g/mol. The summed E-state index contributed by atoms with van der Waals surface area (Å²) in [5.41, 5.74) is -2.39. The van der Waals surface area contributed by atoms with E-state index in [1.807, 2.05) is 0 Å². The highest BCUT2D eigenvalue weighted by Crippen LogP contribution is 2.35. The molecule has 4 atom stereocenters. The fourth-order valence-electron chi connectivity index (χ4n) is 2.06. The molecule has 1 aromatic heterocycles. The van der Waals surface area contributed by atoms with Crippen molar-refractivity contribution in [2.24, 2.45) is 0 Å². The second-order valence-corrected chi connectivity index (χ2v) is 4.89. The molecule has 19 heavy (non-hydrogen) atoms. The molecule has 1 aliphatic rings. The van der Waals surface area contributed by atoms with E-state index >= 15 is 0 Å². The Balaban J connectivity index is 2.47. The summed E-state index contributed by atoms with van der Waals surface area (Å²) in [6.07, 6.45) is -2.66. The van der Waals surface area contributed by atoms with Gasteiger partial charge in [0.05, 0.1) is 6.61 Å². The van der Waals surface area contributed by atoms with Gasteiger partial charge in [-0.3, -0.25) is 14.3 Å². The number of rotatable bonds is 2. The second kappa shape index (κ2) is 4.57. The zero-order valence-electron chi connectivity index (χ0n) is 10.5. The van der Waals surface area contributed by atoms with Gasteiger partial charge in [-0.15, -0.1) is 0 Å². The van der Waals surface area contributed by atoms with Crippen LogP contribution < -0.4 is 11.2 Å². The van der Waals surface area contributed by atoms with E-state index in [0.717, 1.165) is 4.57 Å². The van der Waals surface area contributed by atoms with Crippen LogP contribution in [-0.2, 0) is 4.74 Å². The van der Waals surface area contributed by atoms with Crippen molar-refractivity contribution in [1.29, 1.82) is 0 Å². The number of nitrogens with zero attached hydrogens (tertiary/aromatic N) is 1. The van der Waals surface area contributed by atoms with Gasteiger partial charge < -0.3 is 20.1 Å². The number of nitrogens with one attached hydrogen (secondary N) is 1. The Morgan fingerprint density at radius 2 is 2.11 bits per heavy atom. The van der Waals surface area contributed by atoms with Crippen LogP contribution in [0.2, 0.25) is 0 Å². The van der Waals surface area contributed by atoms with Crippen LogP contribution in [0.3, 0.4) is 0 Å². The highest BCUT2D eigenvalue weighted by Gasteiger charge is 2.51. The predicted octanol–water partition coefficient (Wildman–Crippen LogP) is -2.15. The number of hydrogen-bond donors (Lipinski definition) is 4. The number of ether oxygens (including phenoxy) is 1. The van der Waals surface area contributed by atoms with E-state index in [-0.39, 0.29) is 5.56 Å². The Kier molecular flexibility index (Phi) is 3.35. The number of H-pyrrole nitrogens is 1. The summed E-state index contributed by atoms with van der Waals surface area (Å²) in [5, 5.41) is 29.0. The normalized spacial score (nSPS) is 34.7. The van der Waals surface area contributed by atoms with Gasteiger partial charge in [0, 0.05) is 11.8 Å². The number of aromatic amines is 1. The maximum atomic E-state index is 11.7. The van der Waals surface area contributed by atoms with Crippen molar-refractivity contribution < 1.29 is 20.1 Å². The van der Waals surface area contributed by atoms with E-state index in [1.165, 1.54) is 20.0 Å². The van der Waals surface area contributed by atoms with Gasteiger partial charge in [0.1, 0.15) is 17.8 Å². The Bertz CT molecular complexity index is 594. The monoisotopic (exact) mass is 272 g/mol. The molecule has 0 aromatic carbocycles. The van der Waals surface area contributed by atoms with Crippen LogP contribution in [0.1, 0.15) is 18.7 Å². The lowest BCUT2D eigenvalue weighted by Gasteiger charge is -2.24. The topological polar surface area (TPSA) is 125 Å². The molecule has 0 radical (unpaired) electrons. The van der Waals surface area contributed by atoms with Crippen LogP contribution in [-0.4, -0.2) is 49.3 Å². The molecule has 0 amide bonds. The molecule has 0 aliphatic carbocycles. The average Bonchev–Trinajstić information content (AvgIpc) is 2.59. The first-order valence-corrected chi connectivity index (χ1v) is 5.77. The summed E-state index contributed by atoms with van der Waals surface area (Å²) in [6, 6.07) is 0. The van der Waals surface area contributed by atoms with Gasteiger partial charge in [0.25, 0.3) is 5.56 Å². The van der Waals surface area contributed by atoms with Crippen LogP contribution in [0.4, 0.5) is 0 Å². The van der Waals surface area contributed by atoms with Gasteiger partial charge in [-0.25, -0.2) is 4.79 Å². The largest absolute Gasteiger partial charge is 0.393 e. The molecule has 0 spiro atoms. The van der Waals surface area contributed by atoms with Crippen LogP contribution in [0, 0.1) is 6.92 Å². The average molecular weight is 272 g/mol. The van der Waals surface area contributed by atoms with Gasteiger partial charge in [-0.05, 0) is 13.8 Å². The molecule has 2 heterocycles. The summed E-state index contributed by atoms with van der Waals surface area (Å²) in [4.78, 5) is 25.1. The van der Waals surface area contributed by atoms with Crippen molar-refractivity contribution in [2.45, 2.75) is 37.9 Å². The molecule has 1 unspecified atom stereocenters. The first-order valence-electron chi connectivity index (χ1n) is 5.77. The van der Waals surface area contributed by atoms with Crippen LogP contribution in [0.15, 0.2) is 15.8 Å². The van der Waals surface area contributed by atoms with Gasteiger partial charge >= 0.3 is 5.69 Å². The molecule has 2 rings (SSSR count). The van der Waals surface area contributed by atoms with E-state index in [9.17, 15) is 24.9 Å². The SMILES string of the molecule is Cc1cn([C@@H]2O[C@](C)(CO)[C@H](O)C2O)c(=O)[nH]c1=O. The van der Waals surface area contributed by atoms with E-state index < -0.39 is 41.9 Å². The van der Waals surface area contributed by atoms with Crippen molar-refractivity contribution in [3.8, 4) is 0 Å². The lowest BCUT2D eigenvalue weighted by molar-refractivity contribution is -0.118. The van der Waals surface area contributed by atoms with Gasteiger partial charge in [0.2, 0.25) is 0 Å². The van der Waals surface area contributed by atoms with Crippen LogP contribution >= 0.6 is 0 Å². The van der Waals surface area contributed by atoms with E-state index in [1.54, 1.807) is 0 Å². The first-order chi connectivity index (χ1) is 8.80. The molecule has 0 bridgehead atoms. The molecule has 1 aliphatic heterocycles. The van der Waals surface area contributed by atoms with Crippen molar-refractivity contribution in [2.75, 3.05) is 6.61 Å². The van der Waals surface area contributed by atoms with Crippen molar-refractivity contribution >= 4 is 0 Å². The minimum atomic E-state index is -1.39. The summed E-state index contributed by atoms with van der Waals surface area (Å²) < 4.78 is 6.37. The lowest BCUT2D eigenvalue weighted by atomic mass is 9.99. The summed E-state index contributed by atoms with van der Waals surface area (Å²) in [6.45, 7) is 2.40. The highest BCUT2D eigenvalue weighted by molar-refractivity contribution is 5.04. The Hall–Kier alpha value is -1.48. The first kappa shape index (κ1) is 13.9. The third kappa shape index (κ3) is 2.12. The summed E-state index contributed by atoms with van der Waals surface area (Å²) in [7, 11) is 0. The standard InChI is InChI=1S/C11H16N2O6/c1-5-3-13(10(18)12-8(5)17)9-6(15)7(16)11(2,4-14)19-9/h3,6-7,9,14-16H,4H2,1-2H3,(H,12,17,18)/t6?,7-,9-,11-/m1/s1. The van der Waals surface area contributed by atoms with Crippen molar-refractivity contribution in [1.82, 2.24) is 9.55 Å². The molecular formula is C11H16N2O6. The zero-order valence-corrected chi connectivity index (χ0v) is 10.5. The summed E-state index contributed by atoms with van der Waals surface area (Å²) in [5.74, 6) is 0. The van der Waals surface area contributed by atoms with Gasteiger partial charge in [-0.2, -0.15) is 0 Å². The Morgan fingerprint density at radius 3 is 2.63 bits per heavy atom. The third-order valence-electron chi connectivity index (χ3n) is 3.37. The van der Waals surface area contributed by atoms with Crippen LogP contribution in [0.25, 0.3) is 0 Å². The highest BCUT2D eigenvalue weighted by atomic mass is 16.6. The maximum Gasteiger partial charge on any atom is 0.330 e. The zero-order chi connectivity index (χ0) is 14.4. The molecule has 0 saturated carbocycles. The van der Waals surface area contributed by atoms with Gasteiger partial charge in [0.15, 0.2) is 6.23 Å². The second-order valence-electron chi connectivity index (χ2n) is 4.89. The van der Waals surface area contributed by atoms with E-state index in [0.29, 0.717) is 0 Å². The molecule has 8 nitrogen and oxygen atoms in total.